The fourth-order valence-corrected chi connectivity index (χ4v) is 2.81. The Bertz CT molecular complexity index is 243. The second-order valence-corrected chi connectivity index (χ2v) is 6.76. The summed E-state index contributed by atoms with van der Waals surface area (Å²) in [6, 6.07) is 1.23. The smallest absolute Gasteiger partial charge is 0.0702 e. The Balaban J connectivity index is 1.90. The van der Waals surface area contributed by atoms with E-state index in [-0.39, 0.29) is 0 Å². The van der Waals surface area contributed by atoms with E-state index in [4.69, 9.17) is 4.74 Å². The fraction of sp³-hybridized carbons (Fsp3) is 1.00. The molecule has 3 unspecified atom stereocenters. The van der Waals surface area contributed by atoms with Crippen LogP contribution in [0.2, 0.25) is 0 Å². The molecule has 0 aromatic rings. The number of nitrogens with zero attached hydrogens (tertiary/aromatic N) is 1. The topological polar surface area (TPSA) is 24.5 Å². The monoisotopic (exact) mass is 240 g/mol. The first-order valence-electron chi connectivity index (χ1n) is 7.06. The van der Waals surface area contributed by atoms with Gasteiger partial charge in [-0.05, 0) is 25.2 Å². The molecule has 100 valence electrons. The van der Waals surface area contributed by atoms with Crippen LogP contribution in [-0.4, -0.2) is 49.3 Å². The molecule has 0 aromatic heterocycles. The summed E-state index contributed by atoms with van der Waals surface area (Å²) in [6.45, 7) is 13.6. The van der Waals surface area contributed by atoms with Crippen molar-refractivity contribution in [3.05, 3.63) is 0 Å². The average molecular weight is 240 g/mol. The van der Waals surface area contributed by atoms with Gasteiger partial charge >= 0.3 is 0 Å². The van der Waals surface area contributed by atoms with Crippen molar-refractivity contribution in [2.45, 2.75) is 58.7 Å². The van der Waals surface area contributed by atoms with Crippen molar-refractivity contribution in [1.29, 1.82) is 0 Å². The molecule has 0 radical (unpaired) electrons. The average Bonchev–Trinajstić information content (AvgIpc) is 2.72. The summed E-state index contributed by atoms with van der Waals surface area (Å²) >= 11 is 0. The minimum Gasteiger partial charge on any atom is -0.377 e. The highest BCUT2D eigenvalue weighted by atomic mass is 16.5. The first-order chi connectivity index (χ1) is 7.97. The Hall–Kier alpha value is -0.120. The highest BCUT2D eigenvalue weighted by Crippen LogP contribution is 2.24. The lowest BCUT2D eigenvalue weighted by atomic mass is 9.84. The van der Waals surface area contributed by atoms with Crippen LogP contribution in [0.5, 0.6) is 0 Å². The van der Waals surface area contributed by atoms with Gasteiger partial charge in [-0.25, -0.2) is 0 Å². The van der Waals surface area contributed by atoms with Crippen molar-refractivity contribution in [2.75, 3.05) is 26.2 Å². The first kappa shape index (κ1) is 13.3. The molecule has 0 bridgehead atoms. The maximum absolute atomic E-state index is 5.76. The van der Waals surface area contributed by atoms with Gasteiger partial charge in [-0.3, -0.25) is 4.90 Å². The normalized spacial score (nSPS) is 36.4. The molecule has 0 spiro atoms. The summed E-state index contributed by atoms with van der Waals surface area (Å²) in [5.41, 5.74) is 0.342. The van der Waals surface area contributed by atoms with E-state index in [0.717, 1.165) is 26.2 Å². The van der Waals surface area contributed by atoms with E-state index in [2.05, 4.69) is 37.9 Å². The van der Waals surface area contributed by atoms with Gasteiger partial charge in [0.05, 0.1) is 6.10 Å². The fourth-order valence-electron chi connectivity index (χ4n) is 2.81. The molecular weight excluding hydrogens is 212 g/mol. The maximum Gasteiger partial charge on any atom is 0.0702 e. The largest absolute Gasteiger partial charge is 0.377 e. The van der Waals surface area contributed by atoms with Crippen molar-refractivity contribution in [3.63, 3.8) is 0 Å². The molecule has 1 N–H and O–H groups in total. The molecule has 2 saturated heterocycles. The summed E-state index contributed by atoms with van der Waals surface area (Å²) < 4.78 is 5.76. The molecule has 2 aliphatic heterocycles. The van der Waals surface area contributed by atoms with Crippen LogP contribution in [0.3, 0.4) is 0 Å². The molecule has 0 aliphatic carbocycles. The Labute approximate surface area is 106 Å². The molecule has 2 rings (SSSR count). The van der Waals surface area contributed by atoms with Gasteiger partial charge in [0.25, 0.3) is 0 Å². The molecule has 3 nitrogen and oxygen atoms in total. The molecule has 2 heterocycles. The molecule has 0 aromatic carbocycles. The van der Waals surface area contributed by atoms with E-state index in [0.29, 0.717) is 23.6 Å². The molecule has 0 amide bonds. The highest BCUT2D eigenvalue weighted by Gasteiger charge is 2.33. The van der Waals surface area contributed by atoms with Gasteiger partial charge in [0.15, 0.2) is 0 Å². The number of hydrogen-bond acceptors (Lipinski definition) is 3. The molecule has 2 aliphatic rings. The summed E-state index contributed by atoms with van der Waals surface area (Å²) in [4.78, 5) is 2.61. The zero-order chi connectivity index (χ0) is 12.5. The second-order valence-electron chi connectivity index (χ2n) is 6.76. The molecular formula is C14H28N2O. The third-order valence-corrected chi connectivity index (χ3v) is 4.21. The lowest BCUT2D eigenvalue weighted by Crippen LogP contribution is -2.60. The number of nitrogens with one attached hydrogen (secondary N) is 1. The van der Waals surface area contributed by atoms with Gasteiger partial charge < -0.3 is 10.1 Å². The summed E-state index contributed by atoms with van der Waals surface area (Å²) in [6.07, 6.45) is 2.97. The molecule has 0 saturated carbocycles. The summed E-state index contributed by atoms with van der Waals surface area (Å²) in [5, 5.41) is 3.68. The van der Waals surface area contributed by atoms with Crippen LogP contribution in [0.4, 0.5) is 0 Å². The number of ether oxygens (including phenoxy) is 1. The van der Waals surface area contributed by atoms with Crippen LogP contribution in [-0.2, 0) is 4.74 Å². The van der Waals surface area contributed by atoms with Crippen LogP contribution in [0.15, 0.2) is 0 Å². The van der Waals surface area contributed by atoms with E-state index >= 15 is 0 Å². The second kappa shape index (κ2) is 5.25. The lowest BCUT2D eigenvalue weighted by molar-refractivity contribution is 0.0295. The van der Waals surface area contributed by atoms with E-state index < -0.39 is 0 Å². The minimum atomic E-state index is 0.342. The Morgan fingerprint density at radius 2 is 2.12 bits per heavy atom. The Morgan fingerprint density at radius 1 is 1.35 bits per heavy atom. The molecule has 2 fully saturated rings. The molecule has 3 heteroatoms. The van der Waals surface area contributed by atoms with Gasteiger partial charge in [-0.2, -0.15) is 0 Å². The number of hydrogen-bond donors (Lipinski definition) is 1. The quantitative estimate of drug-likeness (QED) is 0.797. The maximum atomic E-state index is 5.76. The molecule has 17 heavy (non-hydrogen) atoms. The van der Waals surface area contributed by atoms with Crippen LogP contribution in [0, 0.1) is 5.41 Å². The summed E-state index contributed by atoms with van der Waals surface area (Å²) in [5.74, 6) is 0. The van der Waals surface area contributed by atoms with Crippen molar-refractivity contribution in [1.82, 2.24) is 10.2 Å². The number of piperazine rings is 1. The van der Waals surface area contributed by atoms with E-state index in [9.17, 15) is 0 Å². The van der Waals surface area contributed by atoms with Crippen molar-refractivity contribution < 1.29 is 4.74 Å². The van der Waals surface area contributed by atoms with Crippen LogP contribution < -0.4 is 5.32 Å². The van der Waals surface area contributed by atoms with Gasteiger partial charge in [-0.1, -0.05) is 20.8 Å². The standard InChI is InChI=1S/C14H28N2O/c1-11-8-15-13(14(2,3)4)10-16(11)9-12-6-5-7-17-12/h11-13,15H,5-10H2,1-4H3. The third kappa shape index (κ3) is 3.43. The third-order valence-electron chi connectivity index (χ3n) is 4.21. The Morgan fingerprint density at radius 3 is 2.71 bits per heavy atom. The zero-order valence-corrected chi connectivity index (χ0v) is 11.8. The SMILES string of the molecule is CC1CNC(C(C)(C)C)CN1CC1CCCO1. The van der Waals surface area contributed by atoms with Gasteiger partial charge in [0.1, 0.15) is 0 Å². The predicted molar refractivity (Wildman–Crippen MR) is 71.3 cm³/mol. The van der Waals surface area contributed by atoms with Crippen molar-refractivity contribution >= 4 is 0 Å². The van der Waals surface area contributed by atoms with Gasteiger partial charge in [0.2, 0.25) is 0 Å². The summed E-state index contributed by atoms with van der Waals surface area (Å²) in [7, 11) is 0. The Kier molecular flexibility index (Phi) is 4.11. The van der Waals surface area contributed by atoms with Crippen molar-refractivity contribution in [2.24, 2.45) is 5.41 Å². The molecule has 3 atom stereocenters. The van der Waals surface area contributed by atoms with Gasteiger partial charge in [-0.15, -0.1) is 0 Å². The van der Waals surface area contributed by atoms with Crippen LogP contribution >= 0.6 is 0 Å². The highest BCUT2D eigenvalue weighted by molar-refractivity contribution is 4.91. The van der Waals surface area contributed by atoms with E-state index in [1.54, 1.807) is 0 Å². The lowest BCUT2D eigenvalue weighted by Gasteiger charge is -2.44. The van der Waals surface area contributed by atoms with Gasteiger partial charge in [0, 0.05) is 38.3 Å². The van der Waals surface area contributed by atoms with Crippen molar-refractivity contribution in [3.8, 4) is 0 Å². The van der Waals surface area contributed by atoms with E-state index in [1.807, 2.05) is 0 Å². The number of rotatable bonds is 2. The first-order valence-corrected chi connectivity index (χ1v) is 7.06. The van der Waals surface area contributed by atoms with E-state index in [1.165, 1.54) is 12.8 Å². The predicted octanol–water partition coefficient (Wildman–Crippen LogP) is 1.87. The zero-order valence-electron chi connectivity index (χ0n) is 11.8. The minimum absolute atomic E-state index is 0.342. The van der Waals surface area contributed by atoms with Crippen LogP contribution in [0.25, 0.3) is 0 Å². The van der Waals surface area contributed by atoms with Crippen LogP contribution in [0.1, 0.15) is 40.5 Å².